The molecule has 0 fully saturated rings. The number of ether oxygens (including phenoxy) is 2. The SMILES string of the molecule is COc1ccc(OC)c(C=C(C(=O)O)C(=O)O)c1. The van der Waals surface area contributed by atoms with Gasteiger partial charge in [0.25, 0.3) is 0 Å². The van der Waals surface area contributed by atoms with E-state index in [-0.39, 0.29) is 0 Å². The molecular weight excluding hydrogens is 240 g/mol. The van der Waals surface area contributed by atoms with Gasteiger partial charge in [0.1, 0.15) is 17.1 Å². The summed E-state index contributed by atoms with van der Waals surface area (Å²) in [7, 11) is 2.85. The number of hydrogen-bond acceptors (Lipinski definition) is 4. The monoisotopic (exact) mass is 252 g/mol. The number of carboxylic acid groups (broad SMARTS) is 2. The Morgan fingerprint density at radius 3 is 2.17 bits per heavy atom. The summed E-state index contributed by atoms with van der Waals surface area (Å²) in [5.74, 6) is -2.22. The van der Waals surface area contributed by atoms with Gasteiger partial charge in [-0.05, 0) is 24.3 Å². The largest absolute Gasteiger partial charge is 0.497 e. The molecule has 0 aromatic heterocycles. The Hall–Kier alpha value is -2.50. The number of rotatable bonds is 5. The van der Waals surface area contributed by atoms with Crippen molar-refractivity contribution in [1.29, 1.82) is 0 Å². The standard InChI is InChI=1S/C12H12O6/c1-17-8-3-4-10(18-2)7(5-8)6-9(11(13)14)12(15)16/h3-6H,1-2H3,(H,13,14)(H,15,16). The normalized spacial score (nSPS) is 9.44. The van der Waals surface area contributed by atoms with Gasteiger partial charge >= 0.3 is 11.9 Å². The fourth-order valence-electron chi connectivity index (χ4n) is 1.32. The summed E-state index contributed by atoms with van der Waals surface area (Å²) in [4.78, 5) is 21.6. The molecule has 0 aliphatic heterocycles. The third-order valence-electron chi connectivity index (χ3n) is 2.20. The summed E-state index contributed by atoms with van der Waals surface area (Å²) >= 11 is 0. The molecule has 1 rings (SSSR count). The number of hydrogen-bond donors (Lipinski definition) is 2. The maximum Gasteiger partial charge on any atom is 0.343 e. The number of benzene rings is 1. The maximum atomic E-state index is 10.8. The van der Waals surface area contributed by atoms with Gasteiger partial charge in [-0.15, -0.1) is 0 Å². The third-order valence-corrected chi connectivity index (χ3v) is 2.20. The predicted molar refractivity (Wildman–Crippen MR) is 62.8 cm³/mol. The first-order valence-corrected chi connectivity index (χ1v) is 4.90. The summed E-state index contributed by atoms with van der Waals surface area (Å²) in [6.45, 7) is 0. The zero-order valence-electron chi connectivity index (χ0n) is 9.84. The summed E-state index contributed by atoms with van der Waals surface area (Å²) in [6.07, 6.45) is 1.02. The van der Waals surface area contributed by atoms with Crippen LogP contribution in [0.15, 0.2) is 23.8 Å². The Kier molecular flexibility index (Phi) is 4.31. The lowest BCUT2D eigenvalue weighted by Crippen LogP contribution is -2.11. The van der Waals surface area contributed by atoms with E-state index in [0.29, 0.717) is 17.1 Å². The van der Waals surface area contributed by atoms with Crippen molar-refractivity contribution in [2.75, 3.05) is 14.2 Å². The second-order valence-corrected chi connectivity index (χ2v) is 3.28. The first kappa shape index (κ1) is 13.6. The molecule has 2 N–H and O–H groups in total. The average Bonchev–Trinajstić information content (AvgIpc) is 2.34. The van der Waals surface area contributed by atoms with Crippen LogP contribution in [-0.2, 0) is 9.59 Å². The molecule has 0 amide bonds. The van der Waals surface area contributed by atoms with Gasteiger partial charge in [-0.2, -0.15) is 0 Å². The molecule has 96 valence electrons. The van der Waals surface area contributed by atoms with Crippen molar-refractivity contribution in [3.63, 3.8) is 0 Å². The highest BCUT2D eigenvalue weighted by molar-refractivity contribution is 6.16. The minimum Gasteiger partial charge on any atom is -0.497 e. The van der Waals surface area contributed by atoms with Crippen LogP contribution in [0.1, 0.15) is 5.56 Å². The molecule has 0 spiro atoms. The highest BCUT2D eigenvalue weighted by Gasteiger charge is 2.17. The van der Waals surface area contributed by atoms with Gasteiger partial charge in [-0.1, -0.05) is 0 Å². The molecule has 0 saturated carbocycles. The zero-order valence-corrected chi connectivity index (χ0v) is 9.84. The molecule has 1 aromatic carbocycles. The highest BCUT2D eigenvalue weighted by atomic mass is 16.5. The highest BCUT2D eigenvalue weighted by Crippen LogP contribution is 2.26. The average molecular weight is 252 g/mol. The van der Waals surface area contributed by atoms with Crippen LogP contribution in [0.4, 0.5) is 0 Å². The van der Waals surface area contributed by atoms with Gasteiger partial charge in [0, 0.05) is 5.56 Å². The summed E-state index contributed by atoms with van der Waals surface area (Å²) in [5, 5.41) is 17.5. The second-order valence-electron chi connectivity index (χ2n) is 3.28. The van der Waals surface area contributed by atoms with Crippen molar-refractivity contribution in [3.8, 4) is 11.5 Å². The molecule has 18 heavy (non-hydrogen) atoms. The van der Waals surface area contributed by atoms with Crippen LogP contribution in [0, 0.1) is 0 Å². The molecule has 0 bridgehead atoms. The molecule has 0 aliphatic rings. The summed E-state index contributed by atoms with van der Waals surface area (Å²) < 4.78 is 10.00. The molecular formula is C12H12O6. The fraction of sp³-hybridized carbons (Fsp3) is 0.167. The molecule has 0 radical (unpaired) electrons. The maximum absolute atomic E-state index is 10.8. The molecule has 0 atom stereocenters. The van der Waals surface area contributed by atoms with Gasteiger partial charge in [0.2, 0.25) is 0 Å². The number of carbonyl (C=O) groups is 2. The molecule has 0 heterocycles. The van der Waals surface area contributed by atoms with E-state index in [0.717, 1.165) is 6.08 Å². The summed E-state index contributed by atoms with van der Waals surface area (Å²) in [6, 6.07) is 4.67. The van der Waals surface area contributed by atoms with Crippen molar-refractivity contribution in [1.82, 2.24) is 0 Å². The van der Waals surface area contributed by atoms with Crippen LogP contribution in [-0.4, -0.2) is 36.4 Å². The van der Waals surface area contributed by atoms with Crippen molar-refractivity contribution in [2.45, 2.75) is 0 Å². The molecule has 0 saturated heterocycles. The van der Waals surface area contributed by atoms with Crippen LogP contribution in [0.25, 0.3) is 6.08 Å². The molecule has 6 heteroatoms. The fourth-order valence-corrected chi connectivity index (χ4v) is 1.32. The van der Waals surface area contributed by atoms with E-state index in [1.807, 2.05) is 0 Å². The number of methoxy groups -OCH3 is 2. The summed E-state index contributed by atoms with van der Waals surface area (Å²) in [5.41, 5.74) is -0.432. The second kappa shape index (κ2) is 5.72. The van der Waals surface area contributed by atoms with Crippen molar-refractivity contribution < 1.29 is 29.3 Å². The Bertz CT molecular complexity index is 487. The van der Waals surface area contributed by atoms with Crippen LogP contribution in [0.5, 0.6) is 11.5 Å². The number of carboxylic acids is 2. The van der Waals surface area contributed by atoms with E-state index in [4.69, 9.17) is 19.7 Å². The first-order valence-electron chi connectivity index (χ1n) is 4.90. The quantitative estimate of drug-likeness (QED) is 0.465. The Balaban J connectivity index is 3.33. The van der Waals surface area contributed by atoms with E-state index in [1.54, 1.807) is 12.1 Å². The lowest BCUT2D eigenvalue weighted by molar-refractivity contribution is -0.139. The van der Waals surface area contributed by atoms with Crippen molar-refractivity contribution in [3.05, 3.63) is 29.3 Å². The van der Waals surface area contributed by atoms with Crippen LogP contribution >= 0.6 is 0 Å². The smallest absolute Gasteiger partial charge is 0.343 e. The Morgan fingerprint density at radius 1 is 1.11 bits per heavy atom. The van der Waals surface area contributed by atoms with Gasteiger partial charge < -0.3 is 19.7 Å². The molecule has 1 aromatic rings. The Morgan fingerprint density at radius 2 is 1.72 bits per heavy atom. The van der Waals surface area contributed by atoms with E-state index >= 15 is 0 Å². The minimum absolute atomic E-state index is 0.316. The lowest BCUT2D eigenvalue weighted by Gasteiger charge is -2.07. The topological polar surface area (TPSA) is 93.1 Å². The van der Waals surface area contributed by atoms with E-state index in [1.165, 1.54) is 20.3 Å². The number of aliphatic carboxylic acids is 2. The van der Waals surface area contributed by atoms with Crippen LogP contribution in [0.2, 0.25) is 0 Å². The molecule has 6 nitrogen and oxygen atoms in total. The van der Waals surface area contributed by atoms with Gasteiger partial charge in [-0.25, -0.2) is 9.59 Å². The van der Waals surface area contributed by atoms with Crippen molar-refractivity contribution >= 4 is 18.0 Å². The van der Waals surface area contributed by atoms with Crippen LogP contribution in [0.3, 0.4) is 0 Å². The lowest BCUT2D eigenvalue weighted by atomic mass is 10.1. The molecule has 0 aliphatic carbocycles. The third kappa shape index (κ3) is 3.00. The van der Waals surface area contributed by atoms with Crippen molar-refractivity contribution in [2.24, 2.45) is 0 Å². The van der Waals surface area contributed by atoms with E-state index < -0.39 is 17.5 Å². The predicted octanol–water partition coefficient (Wildman–Crippen LogP) is 1.26. The zero-order chi connectivity index (χ0) is 13.7. The van der Waals surface area contributed by atoms with Gasteiger partial charge in [0.05, 0.1) is 14.2 Å². The molecule has 0 unspecified atom stereocenters. The van der Waals surface area contributed by atoms with Crippen LogP contribution < -0.4 is 9.47 Å². The van der Waals surface area contributed by atoms with E-state index in [9.17, 15) is 9.59 Å². The first-order chi connectivity index (χ1) is 8.49. The minimum atomic E-state index is -1.52. The van der Waals surface area contributed by atoms with E-state index in [2.05, 4.69) is 0 Å². The van der Waals surface area contributed by atoms with Gasteiger partial charge in [0.15, 0.2) is 0 Å². The Labute approximate surface area is 103 Å². The van der Waals surface area contributed by atoms with Gasteiger partial charge in [-0.3, -0.25) is 0 Å².